The zero-order valence-electron chi connectivity index (χ0n) is 11.0. The van der Waals surface area contributed by atoms with Crippen LogP contribution in [0.4, 0.5) is 0 Å². The third-order valence-corrected chi connectivity index (χ3v) is 2.57. The first kappa shape index (κ1) is 15.0. The second-order valence-electron chi connectivity index (χ2n) is 4.54. The normalized spacial score (nSPS) is 14.7. The van der Waals surface area contributed by atoms with Crippen LogP contribution in [0.5, 0.6) is 0 Å². The smallest absolute Gasteiger partial charge is 0.0964 e. The van der Waals surface area contributed by atoms with Crippen LogP contribution in [0.1, 0.15) is 19.0 Å². The van der Waals surface area contributed by atoms with Crippen molar-refractivity contribution in [2.24, 2.45) is 0 Å². The summed E-state index contributed by atoms with van der Waals surface area (Å²) in [4.78, 5) is 0. The van der Waals surface area contributed by atoms with Gasteiger partial charge in [-0.05, 0) is 6.92 Å². The quantitative estimate of drug-likeness (QED) is 0.534. The van der Waals surface area contributed by atoms with Gasteiger partial charge in [-0.2, -0.15) is 0 Å². The van der Waals surface area contributed by atoms with Crippen molar-refractivity contribution in [1.82, 2.24) is 20.3 Å². The van der Waals surface area contributed by atoms with Crippen LogP contribution in [-0.4, -0.2) is 57.7 Å². The molecule has 0 fully saturated rings. The maximum atomic E-state index is 10.00. The molecule has 0 aliphatic heterocycles. The molecular weight excluding hydrogens is 236 g/mol. The number of ether oxygens (including phenoxy) is 1. The predicted octanol–water partition coefficient (Wildman–Crippen LogP) is -0.852. The highest BCUT2D eigenvalue weighted by Crippen LogP contribution is 2.07. The molecule has 0 aliphatic carbocycles. The molecule has 0 amide bonds. The van der Waals surface area contributed by atoms with E-state index in [1.54, 1.807) is 24.9 Å². The Hall–Kier alpha value is -1.02. The molecule has 1 rings (SSSR count). The van der Waals surface area contributed by atoms with Gasteiger partial charge in [0.15, 0.2) is 0 Å². The van der Waals surface area contributed by atoms with Gasteiger partial charge in [0.05, 0.1) is 24.4 Å². The number of aliphatic hydroxyl groups excluding tert-OH is 1. The lowest BCUT2D eigenvalue weighted by molar-refractivity contribution is 0.0247. The average molecular weight is 258 g/mol. The molecule has 0 aliphatic rings. The Kier molecular flexibility index (Phi) is 6.20. The molecule has 0 saturated heterocycles. The van der Waals surface area contributed by atoms with Crippen LogP contribution >= 0.6 is 0 Å². The highest BCUT2D eigenvalue weighted by atomic mass is 16.5. The van der Waals surface area contributed by atoms with Gasteiger partial charge in [-0.25, -0.2) is 4.68 Å². The average Bonchev–Trinajstić information content (AvgIpc) is 2.75. The van der Waals surface area contributed by atoms with E-state index in [4.69, 9.17) is 9.84 Å². The summed E-state index contributed by atoms with van der Waals surface area (Å²) in [6.45, 7) is 3.78. The van der Waals surface area contributed by atoms with E-state index in [0.717, 1.165) is 5.69 Å². The molecule has 0 spiro atoms. The van der Waals surface area contributed by atoms with Crippen molar-refractivity contribution in [1.29, 1.82) is 0 Å². The van der Waals surface area contributed by atoms with Crippen LogP contribution in [0.3, 0.4) is 0 Å². The number of aromatic nitrogens is 3. The topological polar surface area (TPSA) is 92.4 Å². The van der Waals surface area contributed by atoms with Crippen molar-refractivity contribution in [2.45, 2.75) is 32.0 Å². The first-order valence-corrected chi connectivity index (χ1v) is 5.99. The Balaban J connectivity index is 2.27. The molecule has 0 aromatic carbocycles. The van der Waals surface area contributed by atoms with E-state index in [0.29, 0.717) is 32.7 Å². The van der Waals surface area contributed by atoms with Crippen LogP contribution in [0, 0.1) is 0 Å². The largest absolute Gasteiger partial charge is 0.394 e. The Morgan fingerprint density at radius 1 is 1.56 bits per heavy atom. The highest BCUT2D eigenvalue weighted by Gasteiger charge is 2.19. The summed E-state index contributed by atoms with van der Waals surface area (Å²) in [6.07, 6.45) is 2.35. The minimum atomic E-state index is -0.795. The maximum Gasteiger partial charge on any atom is 0.0964 e. The molecular formula is C11H22N4O3. The summed E-state index contributed by atoms with van der Waals surface area (Å²) >= 11 is 0. The fourth-order valence-electron chi connectivity index (χ4n) is 1.50. The van der Waals surface area contributed by atoms with Crippen molar-refractivity contribution in [3.8, 4) is 0 Å². The highest BCUT2D eigenvalue weighted by molar-refractivity contribution is 4.92. The Bertz CT molecular complexity index is 341. The number of nitrogens with one attached hydrogen (secondary N) is 1. The molecule has 104 valence electrons. The minimum Gasteiger partial charge on any atom is -0.394 e. The van der Waals surface area contributed by atoms with Gasteiger partial charge in [-0.15, -0.1) is 5.10 Å². The monoisotopic (exact) mass is 258 g/mol. The lowest BCUT2D eigenvalue weighted by atomic mass is 10.0. The molecule has 1 unspecified atom stereocenters. The summed E-state index contributed by atoms with van der Waals surface area (Å²) in [6, 6.07) is 0. The number of rotatable bonds is 9. The van der Waals surface area contributed by atoms with Crippen molar-refractivity contribution >= 4 is 0 Å². The molecule has 7 nitrogen and oxygen atoms in total. The van der Waals surface area contributed by atoms with Crippen LogP contribution in [0.25, 0.3) is 0 Å². The minimum absolute atomic E-state index is 0.0436. The molecule has 1 aromatic rings. The summed E-state index contributed by atoms with van der Waals surface area (Å²) < 4.78 is 6.52. The number of hydrogen-bond acceptors (Lipinski definition) is 6. The van der Waals surface area contributed by atoms with Crippen molar-refractivity contribution in [3.63, 3.8) is 0 Å². The van der Waals surface area contributed by atoms with Gasteiger partial charge in [0, 0.05) is 39.4 Å². The second kappa shape index (κ2) is 7.42. The molecule has 1 heterocycles. The van der Waals surface area contributed by atoms with Crippen LogP contribution in [0.15, 0.2) is 6.20 Å². The van der Waals surface area contributed by atoms with E-state index in [1.807, 2.05) is 0 Å². The van der Waals surface area contributed by atoms with E-state index in [-0.39, 0.29) is 6.61 Å². The standard InChI is InChI=1S/C11H22N4O3/c1-11(17,3-6-18-2)9-12-7-10-8-15(4-5-16)14-13-10/h8,12,16-17H,3-7,9H2,1-2H3. The summed E-state index contributed by atoms with van der Waals surface area (Å²) in [5, 5.41) is 29.7. The van der Waals surface area contributed by atoms with Gasteiger partial charge in [0.2, 0.25) is 0 Å². The van der Waals surface area contributed by atoms with Crippen LogP contribution in [0.2, 0.25) is 0 Å². The number of methoxy groups -OCH3 is 1. The van der Waals surface area contributed by atoms with E-state index >= 15 is 0 Å². The third kappa shape index (κ3) is 5.54. The maximum absolute atomic E-state index is 10.00. The summed E-state index contributed by atoms with van der Waals surface area (Å²) in [5.41, 5.74) is -0.0112. The Morgan fingerprint density at radius 2 is 2.33 bits per heavy atom. The number of aliphatic hydroxyl groups is 2. The first-order valence-electron chi connectivity index (χ1n) is 5.99. The number of hydrogen-bond donors (Lipinski definition) is 3. The van der Waals surface area contributed by atoms with Gasteiger partial charge in [0.25, 0.3) is 0 Å². The third-order valence-electron chi connectivity index (χ3n) is 2.57. The van der Waals surface area contributed by atoms with Crippen molar-refractivity contribution < 1.29 is 14.9 Å². The first-order chi connectivity index (χ1) is 8.57. The van der Waals surface area contributed by atoms with Crippen molar-refractivity contribution in [2.75, 3.05) is 26.9 Å². The van der Waals surface area contributed by atoms with E-state index in [9.17, 15) is 5.11 Å². The van der Waals surface area contributed by atoms with E-state index < -0.39 is 5.60 Å². The van der Waals surface area contributed by atoms with Gasteiger partial charge in [-0.1, -0.05) is 5.21 Å². The lowest BCUT2D eigenvalue weighted by Crippen LogP contribution is -2.38. The van der Waals surface area contributed by atoms with Gasteiger partial charge < -0.3 is 20.3 Å². The SMILES string of the molecule is COCCC(C)(O)CNCc1cn(CCO)nn1. The van der Waals surface area contributed by atoms with Crippen LogP contribution in [-0.2, 0) is 17.8 Å². The van der Waals surface area contributed by atoms with Gasteiger partial charge in [-0.3, -0.25) is 0 Å². The fourth-order valence-corrected chi connectivity index (χ4v) is 1.50. The summed E-state index contributed by atoms with van der Waals surface area (Å²) in [7, 11) is 1.61. The van der Waals surface area contributed by atoms with Gasteiger partial charge >= 0.3 is 0 Å². The van der Waals surface area contributed by atoms with E-state index in [2.05, 4.69) is 15.6 Å². The van der Waals surface area contributed by atoms with Crippen LogP contribution < -0.4 is 5.32 Å². The molecule has 1 aromatic heterocycles. The molecule has 0 saturated carbocycles. The zero-order chi connectivity index (χ0) is 13.4. The Morgan fingerprint density at radius 3 is 3.00 bits per heavy atom. The van der Waals surface area contributed by atoms with Gasteiger partial charge in [0.1, 0.15) is 0 Å². The lowest BCUT2D eigenvalue weighted by Gasteiger charge is -2.22. The second-order valence-corrected chi connectivity index (χ2v) is 4.54. The zero-order valence-corrected chi connectivity index (χ0v) is 11.0. The fraction of sp³-hybridized carbons (Fsp3) is 0.818. The molecule has 0 radical (unpaired) electrons. The Labute approximate surface area is 107 Å². The molecule has 7 heteroatoms. The van der Waals surface area contributed by atoms with E-state index in [1.165, 1.54) is 0 Å². The predicted molar refractivity (Wildman–Crippen MR) is 65.9 cm³/mol. The molecule has 3 N–H and O–H groups in total. The number of nitrogens with zero attached hydrogens (tertiary/aromatic N) is 3. The molecule has 0 bridgehead atoms. The molecule has 18 heavy (non-hydrogen) atoms. The molecule has 1 atom stereocenters. The summed E-state index contributed by atoms with van der Waals surface area (Å²) in [5.74, 6) is 0. The van der Waals surface area contributed by atoms with Crippen molar-refractivity contribution in [3.05, 3.63) is 11.9 Å².